The van der Waals surface area contributed by atoms with E-state index in [0.29, 0.717) is 11.3 Å². The fraction of sp³-hybridized carbons (Fsp3) is 0.0500. The topological polar surface area (TPSA) is 47.8 Å². The minimum Gasteiger partial charge on any atom is -0.298 e. The SMILES string of the molecule is Cc1nn(-c2ccccc2)c2nc(-c3ccccc3)c(C=O)cc12. The highest BCUT2D eigenvalue weighted by Crippen LogP contribution is 2.27. The smallest absolute Gasteiger partial charge is 0.163 e. The van der Waals surface area contributed by atoms with E-state index in [1.807, 2.05) is 78.3 Å². The van der Waals surface area contributed by atoms with Crippen molar-refractivity contribution in [3.05, 3.63) is 78.0 Å². The Morgan fingerprint density at radius 1 is 0.958 bits per heavy atom. The number of fused-ring (bicyclic) bond motifs is 1. The molecule has 0 atom stereocenters. The van der Waals surface area contributed by atoms with E-state index >= 15 is 0 Å². The molecule has 2 aromatic carbocycles. The Labute approximate surface area is 139 Å². The third kappa shape index (κ3) is 2.29. The number of aldehydes is 1. The number of rotatable bonds is 3. The minimum atomic E-state index is 0.574. The first kappa shape index (κ1) is 14.3. The predicted octanol–water partition coefficient (Wildman–Crippen LogP) is 4.21. The number of hydrogen-bond donors (Lipinski definition) is 0. The van der Waals surface area contributed by atoms with E-state index in [2.05, 4.69) is 5.10 Å². The molecule has 0 spiro atoms. The molecule has 116 valence electrons. The van der Waals surface area contributed by atoms with Crippen LogP contribution in [-0.2, 0) is 0 Å². The van der Waals surface area contributed by atoms with E-state index < -0.39 is 0 Å². The lowest BCUT2D eigenvalue weighted by Gasteiger charge is -2.07. The van der Waals surface area contributed by atoms with Crippen LogP contribution in [0.3, 0.4) is 0 Å². The highest BCUT2D eigenvalue weighted by molar-refractivity contribution is 5.93. The van der Waals surface area contributed by atoms with Crippen LogP contribution in [0.15, 0.2) is 66.7 Å². The van der Waals surface area contributed by atoms with E-state index in [1.54, 1.807) is 0 Å². The average molecular weight is 313 g/mol. The van der Waals surface area contributed by atoms with Gasteiger partial charge in [-0.05, 0) is 25.1 Å². The van der Waals surface area contributed by atoms with Crippen LogP contribution in [-0.4, -0.2) is 21.1 Å². The van der Waals surface area contributed by atoms with Crippen molar-refractivity contribution in [1.82, 2.24) is 14.8 Å². The van der Waals surface area contributed by atoms with Crippen molar-refractivity contribution in [1.29, 1.82) is 0 Å². The lowest BCUT2D eigenvalue weighted by molar-refractivity contribution is 0.112. The van der Waals surface area contributed by atoms with Crippen molar-refractivity contribution in [3.63, 3.8) is 0 Å². The summed E-state index contributed by atoms with van der Waals surface area (Å²) in [5.74, 6) is 0. The van der Waals surface area contributed by atoms with Gasteiger partial charge in [0.2, 0.25) is 0 Å². The maximum absolute atomic E-state index is 11.6. The Morgan fingerprint density at radius 3 is 2.29 bits per heavy atom. The molecule has 4 rings (SSSR count). The van der Waals surface area contributed by atoms with Gasteiger partial charge in [-0.25, -0.2) is 9.67 Å². The van der Waals surface area contributed by atoms with E-state index in [9.17, 15) is 4.79 Å². The molecule has 0 aliphatic heterocycles. The highest BCUT2D eigenvalue weighted by Gasteiger charge is 2.15. The molecule has 0 saturated heterocycles. The zero-order chi connectivity index (χ0) is 16.5. The molecule has 0 N–H and O–H groups in total. The molecule has 0 unspecified atom stereocenters. The largest absolute Gasteiger partial charge is 0.298 e. The first-order valence-electron chi connectivity index (χ1n) is 7.74. The van der Waals surface area contributed by atoms with E-state index in [-0.39, 0.29) is 0 Å². The number of pyridine rings is 1. The summed E-state index contributed by atoms with van der Waals surface area (Å²) in [6.07, 6.45) is 0.855. The Hall–Kier alpha value is -3.27. The van der Waals surface area contributed by atoms with Crippen molar-refractivity contribution in [2.75, 3.05) is 0 Å². The van der Waals surface area contributed by atoms with Gasteiger partial charge in [0, 0.05) is 16.5 Å². The number of benzene rings is 2. The number of hydrogen-bond acceptors (Lipinski definition) is 3. The fourth-order valence-corrected chi connectivity index (χ4v) is 2.86. The van der Waals surface area contributed by atoms with Gasteiger partial charge in [-0.2, -0.15) is 5.10 Å². The number of aromatic nitrogens is 3. The zero-order valence-corrected chi connectivity index (χ0v) is 13.2. The molecule has 4 nitrogen and oxygen atoms in total. The Balaban J connectivity index is 2.03. The normalized spacial score (nSPS) is 10.9. The summed E-state index contributed by atoms with van der Waals surface area (Å²) in [4.78, 5) is 16.3. The maximum Gasteiger partial charge on any atom is 0.163 e. The van der Waals surface area contributed by atoms with Crippen LogP contribution in [0.5, 0.6) is 0 Å². The number of aryl methyl sites for hydroxylation is 1. The number of carbonyl (C=O) groups is 1. The summed E-state index contributed by atoms with van der Waals surface area (Å²) in [5, 5.41) is 5.50. The summed E-state index contributed by atoms with van der Waals surface area (Å²) in [5.41, 5.74) is 4.72. The Kier molecular flexibility index (Phi) is 3.43. The number of para-hydroxylation sites is 1. The molecule has 0 aliphatic carbocycles. The second-order valence-corrected chi connectivity index (χ2v) is 5.61. The van der Waals surface area contributed by atoms with Crippen LogP contribution < -0.4 is 0 Å². The Morgan fingerprint density at radius 2 is 1.62 bits per heavy atom. The molecule has 0 saturated carbocycles. The molecule has 2 aromatic heterocycles. The molecule has 4 heteroatoms. The van der Waals surface area contributed by atoms with Gasteiger partial charge in [0.1, 0.15) is 0 Å². The van der Waals surface area contributed by atoms with Crippen LogP contribution >= 0.6 is 0 Å². The van der Waals surface area contributed by atoms with Gasteiger partial charge in [0.05, 0.1) is 17.1 Å². The summed E-state index contributed by atoms with van der Waals surface area (Å²) in [7, 11) is 0. The predicted molar refractivity (Wildman–Crippen MR) is 94.4 cm³/mol. The van der Waals surface area contributed by atoms with Gasteiger partial charge in [0.15, 0.2) is 11.9 Å². The highest BCUT2D eigenvalue weighted by atomic mass is 16.1. The van der Waals surface area contributed by atoms with Crippen LogP contribution in [0.1, 0.15) is 16.1 Å². The molecule has 0 amide bonds. The summed E-state index contributed by atoms with van der Waals surface area (Å²) in [6.45, 7) is 1.93. The molecule has 0 fully saturated rings. The van der Waals surface area contributed by atoms with Gasteiger partial charge in [-0.15, -0.1) is 0 Å². The van der Waals surface area contributed by atoms with Gasteiger partial charge in [0.25, 0.3) is 0 Å². The van der Waals surface area contributed by atoms with Crippen LogP contribution in [0, 0.1) is 6.92 Å². The fourth-order valence-electron chi connectivity index (χ4n) is 2.86. The number of carbonyl (C=O) groups excluding carboxylic acids is 1. The zero-order valence-electron chi connectivity index (χ0n) is 13.2. The molecule has 0 bridgehead atoms. The van der Waals surface area contributed by atoms with Crippen LogP contribution in [0.2, 0.25) is 0 Å². The second kappa shape index (κ2) is 5.74. The van der Waals surface area contributed by atoms with Crippen molar-refractivity contribution in [2.45, 2.75) is 6.92 Å². The van der Waals surface area contributed by atoms with Gasteiger partial charge in [-0.3, -0.25) is 4.79 Å². The van der Waals surface area contributed by atoms with Gasteiger partial charge < -0.3 is 0 Å². The summed E-state index contributed by atoms with van der Waals surface area (Å²) >= 11 is 0. The quantitative estimate of drug-likeness (QED) is 0.532. The van der Waals surface area contributed by atoms with Crippen molar-refractivity contribution >= 4 is 17.3 Å². The van der Waals surface area contributed by atoms with Gasteiger partial charge in [-0.1, -0.05) is 48.5 Å². The number of nitrogens with zero attached hydrogens (tertiary/aromatic N) is 3. The first-order chi connectivity index (χ1) is 11.8. The van der Waals surface area contributed by atoms with Crippen molar-refractivity contribution in [3.8, 4) is 16.9 Å². The third-order valence-corrected chi connectivity index (χ3v) is 4.05. The summed E-state index contributed by atoms with van der Waals surface area (Å²) in [6, 6.07) is 21.5. The van der Waals surface area contributed by atoms with E-state index in [4.69, 9.17) is 4.98 Å². The van der Waals surface area contributed by atoms with E-state index in [1.165, 1.54) is 0 Å². The van der Waals surface area contributed by atoms with Gasteiger partial charge >= 0.3 is 0 Å². The first-order valence-corrected chi connectivity index (χ1v) is 7.74. The minimum absolute atomic E-state index is 0.574. The van der Waals surface area contributed by atoms with E-state index in [0.717, 1.165) is 34.3 Å². The average Bonchev–Trinajstić information content (AvgIpc) is 2.98. The lowest BCUT2D eigenvalue weighted by Crippen LogP contribution is -1.99. The molecule has 24 heavy (non-hydrogen) atoms. The Bertz CT molecular complexity index is 1020. The van der Waals surface area contributed by atoms with Crippen LogP contribution in [0.25, 0.3) is 28.0 Å². The second-order valence-electron chi connectivity index (χ2n) is 5.61. The molecular formula is C20H15N3O. The van der Waals surface area contributed by atoms with Crippen molar-refractivity contribution < 1.29 is 4.79 Å². The summed E-state index contributed by atoms with van der Waals surface area (Å²) < 4.78 is 1.83. The molecular weight excluding hydrogens is 298 g/mol. The monoisotopic (exact) mass is 313 g/mol. The molecule has 0 radical (unpaired) electrons. The third-order valence-electron chi connectivity index (χ3n) is 4.05. The van der Waals surface area contributed by atoms with Crippen molar-refractivity contribution in [2.24, 2.45) is 0 Å². The standard InChI is InChI=1S/C20H15N3O/c1-14-18-12-16(13-24)19(15-8-4-2-5-9-15)21-20(18)23(22-14)17-10-6-3-7-11-17/h2-13H,1H3. The molecule has 4 aromatic rings. The molecule has 2 heterocycles. The lowest BCUT2D eigenvalue weighted by atomic mass is 10.1. The maximum atomic E-state index is 11.6. The van der Waals surface area contributed by atoms with Crippen LogP contribution in [0.4, 0.5) is 0 Å². The molecule has 0 aliphatic rings.